The maximum atomic E-state index is 6.11. The fourth-order valence-corrected chi connectivity index (χ4v) is 2.42. The molecule has 3 atom stereocenters. The van der Waals surface area contributed by atoms with Crippen LogP contribution in [0, 0.1) is 11.8 Å². The van der Waals surface area contributed by atoms with Gasteiger partial charge in [-0.15, -0.1) is 0 Å². The van der Waals surface area contributed by atoms with E-state index in [4.69, 9.17) is 5.73 Å². The standard InChI is InChI=1S/C11H21N/c1-4-9-6-8(3)7-11(12)10(9)5-2/h6,9-11H,4-5,7,12H2,1-3H3. The Morgan fingerprint density at radius 3 is 2.58 bits per heavy atom. The Morgan fingerprint density at radius 1 is 1.42 bits per heavy atom. The van der Waals surface area contributed by atoms with E-state index in [1.807, 2.05) is 0 Å². The molecule has 12 heavy (non-hydrogen) atoms. The second-order valence-corrected chi connectivity index (χ2v) is 4.03. The molecule has 1 heteroatoms. The van der Waals surface area contributed by atoms with Crippen LogP contribution in [-0.2, 0) is 0 Å². The maximum absolute atomic E-state index is 6.11. The molecule has 0 fully saturated rings. The predicted octanol–water partition coefficient (Wildman–Crippen LogP) is 2.72. The molecular weight excluding hydrogens is 146 g/mol. The summed E-state index contributed by atoms with van der Waals surface area (Å²) in [5.41, 5.74) is 7.59. The minimum Gasteiger partial charge on any atom is -0.327 e. The van der Waals surface area contributed by atoms with Crippen LogP contribution in [0.5, 0.6) is 0 Å². The number of nitrogens with two attached hydrogens (primary N) is 1. The van der Waals surface area contributed by atoms with Crippen molar-refractivity contribution in [3.8, 4) is 0 Å². The fraction of sp³-hybridized carbons (Fsp3) is 0.818. The largest absolute Gasteiger partial charge is 0.327 e. The average Bonchev–Trinajstić information content (AvgIpc) is 2.03. The number of hydrogen-bond donors (Lipinski definition) is 1. The van der Waals surface area contributed by atoms with Crippen LogP contribution in [0.15, 0.2) is 11.6 Å². The monoisotopic (exact) mass is 167 g/mol. The van der Waals surface area contributed by atoms with Crippen LogP contribution in [0.4, 0.5) is 0 Å². The second kappa shape index (κ2) is 4.08. The van der Waals surface area contributed by atoms with Gasteiger partial charge in [-0.3, -0.25) is 0 Å². The van der Waals surface area contributed by atoms with Crippen molar-refractivity contribution in [3.63, 3.8) is 0 Å². The summed E-state index contributed by atoms with van der Waals surface area (Å²) in [5, 5.41) is 0. The lowest BCUT2D eigenvalue weighted by Gasteiger charge is -2.33. The van der Waals surface area contributed by atoms with Gasteiger partial charge >= 0.3 is 0 Å². The minimum atomic E-state index is 0.407. The average molecular weight is 167 g/mol. The van der Waals surface area contributed by atoms with Crippen molar-refractivity contribution in [3.05, 3.63) is 11.6 Å². The summed E-state index contributed by atoms with van der Waals surface area (Å²) in [6, 6.07) is 0.407. The summed E-state index contributed by atoms with van der Waals surface area (Å²) >= 11 is 0. The van der Waals surface area contributed by atoms with Crippen LogP contribution in [-0.4, -0.2) is 6.04 Å². The molecule has 0 radical (unpaired) electrons. The number of rotatable bonds is 2. The lowest BCUT2D eigenvalue weighted by atomic mass is 9.75. The van der Waals surface area contributed by atoms with E-state index in [1.54, 1.807) is 0 Å². The summed E-state index contributed by atoms with van der Waals surface area (Å²) in [4.78, 5) is 0. The van der Waals surface area contributed by atoms with Gasteiger partial charge < -0.3 is 5.73 Å². The van der Waals surface area contributed by atoms with Gasteiger partial charge in [-0.25, -0.2) is 0 Å². The van der Waals surface area contributed by atoms with E-state index in [0.717, 1.165) is 18.3 Å². The van der Waals surface area contributed by atoms with Gasteiger partial charge in [0.05, 0.1) is 0 Å². The minimum absolute atomic E-state index is 0.407. The zero-order valence-corrected chi connectivity index (χ0v) is 8.51. The van der Waals surface area contributed by atoms with Gasteiger partial charge in [0.15, 0.2) is 0 Å². The first-order valence-electron chi connectivity index (χ1n) is 5.11. The zero-order chi connectivity index (χ0) is 9.14. The van der Waals surface area contributed by atoms with Crippen molar-refractivity contribution in [2.24, 2.45) is 17.6 Å². The fourth-order valence-electron chi connectivity index (χ4n) is 2.42. The molecule has 3 unspecified atom stereocenters. The lowest BCUT2D eigenvalue weighted by molar-refractivity contribution is 0.290. The highest BCUT2D eigenvalue weighted by molar-refractivity contribution is 5.10. The van der Waals surface area contributed by atoms with Crippen molar-refractivity contribution in [2.75, 3.05) is 0 Å². The Kier molecular flexibility index (Phi) is 3.33. The van der Waals surface area contributed by atoms with Crippen LogP contribution >= 0.6 is 0 Å². The van der Waals surface area contributed by atoms with E-state index in [9.17, 15) is 0 Å². The SMILES string of the molecule is CCC1C=C(C)CC(N)C1CC. The zero-order valence-electron chi connectivity index (χ0n) is 8.51. The lowest BCUT2D eigenvalue weighted by Crippen LogP contribution is -2.37. The van der Waals surface area contributed by atoms with E-state index >= 15 is 0 Å². The quantitative estimate of drug-likeness (QED) is 0.629. The van der Waals surface area contributed by atoms with Gasteiger partial charge in [-0.1, -0.05) is 31.9 Å². The molecule has 0 bridgehead atoms. The third kappa shape index (κ3) is 1.89. The van der Waals surface area contributed by atoms with Crippen LogP contribution in [0.2, 0.25) is 0 Å². The first kappa shape index (κ1) is 9.79. The van der Waals surface area contributed by atoms with Gasteiger partial charge in [0.25, 0.3) is 0 Å². The van der Waals surface area contributed by atoms with Crippen LogP contribution in [0.25, 0.3) is 0 Å². The third-order valence-corrected chi connectivity index (χ3v) is 3.10. The molecule has 0 aromatic carbocycles. The van der Waals surface area contributed by atoms with Crippen molar-refractivity contribution in [2.45, 2.75) is 46.1 Å². The molecule has 1 aliphatic rings. The summed E-state index contributed by atoms with van der Waals surface area (Å²) in [6.45, 7) is 6.71. The van der Waals surface area contributed by atoms with Gasteiger partial charge in [0.2, 0.25) is 0 Å². The summed E-state index contributed by atoms with van der Waals surface area (Å²) < 4.78 is 0. The Bertz CT molecular complexity index is 172. The van der Waals surface area contributed by atoms with Crippen LogP contribution < -0.4 is 5.73 Å². The molecule has 70 valence electrons. The molecule has 1 aliphatic carbocycles. The Morgan fingerprint density at radius 2 is 2.08 bits per heavy atom. The van der Waals surface area contributed by atoms with Crippen LogP contribution in [0.1, 0.15) is 40.0 Å². The van der Waals surface area contributed by atoms with Crippen molar-refractivity contribution >= 4 is 0 Å². The van der Waals surface area contributed by atoms with Crippen molar-refractivity contribution < 1.29 is 0 Å². The van der Waals surface area contributed by atoms with E-state index in [-0.39, 0.29) is 0 Å². The molecule has 0 saturated carbocycles. The molecule has 0 spiro atoms. The molecular formula is C11H21N. The highest BCUT2D eigenvalue weighted by atomic mass is 14.7. The van der Waals surface area contributed by atoms with Gasteiger partial charge in [-0.05, 0) is 31.6 Å². The van der Waals surface area contributed by atoms with E-state index in [0.29, 0.717) is 6.04 Å². The molecule has 0 amide bonds. The molecule has 0 aromatic heterocycles. The Hall–Kier alpha value is -0.300. The Labute approximate surface area is 76.0 Å². The molecule has 2 N–H and O–H groups in total. The smallest absolute Gasteiger partial charge is 0.0110 e. The van der Waals surface area contributed by atoms with E-state index in [1.165, 1.54) is 18.4 Å². The molecule has 1 nitrogen and oxygen atoms in total. The maximum Gasteiger partial charge on any atom is 0.0110 e. The Balaban J connectivity index is 2.72. The van der Waals surface area contributed by atoms with E-state index in [2.05, 4.69) is 26.8 Å². The number of allylic oxidation sites excluding steroid dienone is 1. The predicted molar refractivity (Wildman–Crippen MR) is 53.9 cm³/mol. The van der Waals surface area contributed by atoms with Gasteiger partial charge in [-0.2, -0.15) is 0 Å². The molecule has 0 aromatic rings. The topological polar surface area (TPSA) is 26.0 Å². The highest BCUT2D eigenvalue weighted by Gasteiger charge is 2.26. The first-order chi connectivity index (χ1) is 5.69. The molecule has 0 aliphatic heterocycles. The number of hydrogen-bond acceptors (Lipinski definition) is 1. The molecule has 0 heterocycles. The highest BCUT2D eigenvalue weighted by Crippen LogP contribution is 2.31. The molecule has 1 rings (SSSR count). The van der Waals surface area contributed by atoms with Crippen molar-refractivity contribution in [1.82, 2.24) is 0 Å². The third-order valence-electron chi connectivity index (χ3n) is 3.10. The van der Waals surface area contributed by atoms with E-state index < -0.39 is 0 Å². The normalized spacial score (nSPS) is 36.3. The second-order valence-electron chi connectivity index (χ2n) is 4.03. The summed E-state index contributed by atoms with van der Waals surface area (Å²) in [7, 11) is 0. The molecule has 0 saturated heterocycles. The van der Waals surface area contributed by atoms with Crippen molar-refractivity contribution in [1.29, 1.82) is 0 Å². The summed E-state index contributed by atoms with van der Waals surface area (Å²) in [5.74, 6) is 1.46. The van der Waals surface area contributed by atoms with Gasteiger partial charge in [0.1, 0.15) is 0 Å². The summed E-state index contributed by atoms with van der Waals surface area (Å²) in [6.07, 6.45) is 6.00. The van der Waals surface area contributed by atoms with Gasteiger partial charge in [0, 0.05) is 6.04 Å². The van der Waals surface area contributed by atoms with Crippen LogP contribution in [0.3, 0.4) is 0 Å². The first-order valence-corrected chi connectivity index (χ1v) is 5.11.